The molecule has 3 atom stereocenters. The fourth-order valence-corrected chi connectivity index (χ4v) is 5.86. The molecule has 2 aromatic heterocycles. The second kappa shape index (κ2) is 11.4. The number of benzene rings is 1. The number of ether oxygens (including phenoxy) is 1. The van der Waals surface area contributed by atoms with E-state index < -0.39 is 30.4 Å². The van der Waals surface area contributed by atoms with E-state index in [9.17, 15) is 14.4 Å². The van der Waals surface area contributed by atoms with Gasteiger partial charge in [0, 0.05) is 25.4 Å². The number of nitrogens with zero attached hydrogens (tertiary/aromatic N) is 3. The molecule has 0 unspecified atom stereocenters. The van der Waals surface area contributed by atoms with Gasteiger partial charge >= 0.3 is 5.97 Å². The molecule has 40 heavy (non-hydrogen) atoms. The lowest BCUT2D eigenvalue weighted by Crippen LogP contribution is -2.35. The van der Waals surface area contributed by atoms with Crippen molar-refractivity contribution < 1.29 is 28.0 Å². The number of amides is 2. The Labute approximate surface area is 232 Å². The van der Waals surface area contributed by atoms with Crippen LogP contribution in [0.2, 0.25) is 0 Å². The van der Waals surface area contributed by atoms with E-state index in [2.05, 4.69) is 0 Å². The molecule has 0 spiro atoms. The van der Waals surface area contributed by atoms with E-state index in [-0.39, 0.29) is 18.2 Å². The van der Waals surface area contributed by atoms with Gasteiger partial charge < -0.3 is 18.5 Å². The Hall–Kier alpha value is -4.40. The molecule has 0 N–H and O–H groups in total. The second-order valence-electron chi connectivity index (χ2n) is 10.5. The monoisotopic (exact) mass is 541 g/mol. The Morgan fingerprint density at radius 2 is 1.88 bits per heavy atom. The van der Waals surface area contributed by atoms with E-state index in [1.165, 1.54) is 5.01 Å². The molecule has 0 bridgehead atoms. The first kappa shape index (κ1) is 25.9. The Balaban J connectivity index is 1.11. The summed E-state index contributed by atoms with van der Waals surface area (Å²) in [7, 11) is 0. The number of fused-ring (bicyclic) bond motifs is 1. The smallest absolute Gasteiger partial charge is 0.311 e. The molecule has 2 fully saturated rings. The minimum absolute atomic E-state index is 0.0357. The summed E-state index contributed by atoms with van der Waals surface area (Å²) in [5.74, 6) is -0.305. The predicted octanol–water partition coefficient (Wildman–Crippen LogP) is 4.63. The summed E-state index contributed by atoms with van der Waals surface area (Å²) < 4.78 is 16.7. The maximum Gasteiger partial charge on any atom is 0.311 e. The van der Waals surface area contributed by atoms with E-state index in [0.717, 1.165) is 41.9 Å². The summed E-state index contributed by atoms with van der Waals surface area (Å²) in [6, 6.07) is 16.8. The number of hydrogen-bond acceptors (Lipinski definition) is 7. The van der Waals surface area contributed by atoms with Crippen molar-refractivity contribution in [3.63, 3.8) is 0 Å². The molecule has 1 saturated heterocycles. The fraction of sp³-hybridized carbons (Fsp3) is 0.355. The maximum absolute atomic E-state index is 13.4. The third kappa shape index (κ3) is 5.36. The molecule has 206 valence electrons. The van der Waals surface area contributed by atoms with Gasteiger partial charge in [-0.05, 0) is 67.2 Å². The zero-order valence-electron chi connectivity index (χ0n) is 22.1. The van der Waals surface area contributed by atoms with E-state index >= 15 is 0 Å². The Morgan fingerprint density at radius 3 is 2.65 bits per heavy atom. The van der Waals surface area contributed by atoms with Gasteiger partial charge in [0.05, 0.1) is 24.2 Å². The number of likely N-dealkylation sites (tertiary alicyclic amines) is 1. The van der Waals surface area contributed by atoms with E-state index in [1.54, 1.807) is 23.5 Å². The molecule has 1 aliphatic carbocycles. The summed E-state index contributed by atoms with van der Waals surface area (Å²) in [5, 5.41) is 6.14. The summed E-state index contributed by atoms with van der Waals surface area (Å²) in [6.07, 6.45) is 8.61. The van der Waals surface area contributed by atoms with Crippen molar-refractivity contribution in [1.82, 2.24) is 9.91 Å². The minimum atomic E-state index is -0.591. The van der Waals surface area contributed by atoms with Crippen molar-refractivity contribution >= 4 is 29.6 Å². The zero-order valence-corrected chi connectivity index (χ0v) is 22.1. The number of esters is 1. The SMILES string of the molecule is O=C(OCC(=O)N1N=C2/C(=C\c3ccco3)CCC[C@@H]2[C@H]1c1ccco1)[C@@H]1CC(=O)N(CCc2ccccc2)C1. The number of hydrazone groups is 1. The van der Waals surface area contributed by atoms with Crippen LogP contribution in [-0.2, 0) is 25.5 Å². The van der Waals surface area contributed by atoms with Crippen LogP contribution in [0.5, 0.6) is 0 Å². The lowest BCUT2D eigenvalue weighted by molar-refractivity contribution is -0.156. The van der Waals surface area contributed by atoms with Crippen molar-refractivity contribution in [3.05, 3.63) is 89.8 Å². The van der Waals surface area contributed by atoms with Gasteiger partial charge in [-0.3, -0.25) is 14.4 Å². The highest BCUT2D eigenvalue weighted by Crippen LogP contribution is 2.44. The van der Waals surface area contributed by atoms with Gasteiger partial charge in [-0.1, -0.05) is 30.3 Å². The van der Waals surface area contributed by atoms with Crippen molar-refractivity contribution in [2.75, 3.05) is 19.7 Å². The minimum Gasteiger partial charge on any atom is -0.467 e. The van der Waals surface area contributed by atoms with Gasteiger partial charge in [0.1, 0.15) is 17.6 Å². The van der Waals surface area contributed by atoms with Crippen molar-refractivity contribution in [2.24, 2.45) is 16.9 Å². The highest BCUT2D eigenvalue weighted by atomic mass is 16.5. The van der Waals surface area contributed by atoms with Crippen LogP contribution >= 0.6 is 0 Å². The number of carbonyl (C=O) groups excluding carboxylic acids is 3. The molecular formula is C31H31N3O6. The predicted molar refractivity (Wildman–Crippen MR) is 146 cm³/mol. The van der Waals surface area contributed by atoms with Crippen LogP contribution in [0.15, 0.2) is 86.6 Å². The van der Waals surface area contributed by atoms with Crippen LogP contribution in [0.3, 0.4) is 0 Å². The molecule has 2 amide bonds. The summed E-state index contributed by atoms with van der Waals surface area (Å²) >= 11 is 0. The highest BCUT2D eigenvalue weighted by Gasteiger charge is 2.45. The van der Waals surface area contributed by atoms with Gasteiger partial charge in [-0.25, -0.2) is 5.01 Å². The van der Waals surface area contributed by atoms with E-state index in [4.69, 9.17) is 18.7 Å². The fourth-order valence-electron chi connectivity index (χ4n) is 5.86. The van der Waals surface area contributed by atoms with Gasteiger partial charge in [0.25, 0.3) is 5.91 Å². The Morgan fingerprint density at radius 1 is 1.05 bits per heavy atom. The maximum atomic E-state index is 13.4. The van der Waals surface area contributed by atoms with Gasteiger partial charge in [-0.2, -0.15) is 5.10 Å². The largest absolute Gasteiger partial charge is 0.467 e. The van der Waals surface area contributed by atoms with E-state index in [0.29, 0.717) is 25.3 Å². The Bertz CT molecular complexity index is 1410. The Kier molecular flexibility index (Phi) is 7.35. The first-order valence-electron chi connectivity index (χ1n) is 13.7. The molecular weight excluding hydrogens is 510 g/mol. The van der Waals surface area contributed by atoms with Crippen molar-refractivity contribution in [1.29, 1.82) is 0 Å². The standard InChI is InChI=1S/C31H31N3O6/c35-27-18-23(19-33(27)14-13-21-7-2-1-3-8-21)31(37)40-20-28(36)34-30(26-12-6-16-39-26)25-11-4-9-22(29(25)32-34)17-24-10-5-15-38-24/h1-3,5-8,10,12,15-17,23,25,30H,4,9,11,13-14,18-20H2/b22-17-/t23-,25+,30+/m1/s1. The molecule has 1 aromatic carbocycles. The first-order valence-corrected chi connectivity index (χ1v) is 13.7. The third-order valence-electron chi connectivity index (χ3n) is 7.85. The van der Waals surface area contributed by atoms with Crippen LogP contribution in [0.1, 0.15) is 48.8 Å². The van der Waals surface area contributed by atoms with Crippen molar-refractivity contribution in [3.8, 4) is 0 Å². The molecule has 3 aromatic rings. The van der Waals surface area contributed by atoms with Gasteiger partial charge in [0.2, 0.25) is 5.91 Å². The van der Waals surface area contributed by atoms with Gasteiger partial charge in [0.15, 0.2) is 6.61 Å². The quantitative estimate of drug-likeness (QED) is 0.385. The summed E-state index contributed by atoms with van der Waals surface area (Å²) in [6.45, 7) is 0.380. The van der Waals surface area contributed by atoms with Crippen LogP contribution in [0.4, 0.5) is 0 Å². The van der Waals surface area contributed by atoms with Crippen molar-refractivity contribution in [2.45, 2.75) is 38.1 Å². The average molecular weight is 542 g/mol. The number of allylic oxidation sites excluding steroid dienone is 1. The van der Waals surface area contributed by atoms with Gasteiger partial charge in [-0.15, -0.1) is 0 Å². The highest BCUT2D eigenvalue weighted by molar-refractivity contribution is 6.08. The molecule has 9 heteroatoms. The molecule has 1 saturated carbocycles. The number of furan rings is 2. The number of carbonyl (C=O) groups is 3. The topological polar surface area (TPSA) is 106 Å². The van der Waals surface area contributed by atoms with Crippen LogP contribution in [0.25, 0.3) is 6.08 Å². The summed E-state index contributed by atoms with van der Waals surface area (Å²) in [5.41, 5.74) is 2.99. The van der Waals surface area contributed by atoms with Crippen LogP contribution in [-0.4, -0.2) is 53.1 Å². The average Bonchev–Trinajstić information content (AvgIpc) is 3.78. The van der Waals surface area contributed by atoms with E-state index in [1.807, 2.05) is 54.6 Å². The molecule has 3 aliphatic rings. The molecule has 6 rings (SSSR count). The summed E-state index contributed by atoms with van der Waals surface area (Å²) in [4.78, 5) is 40.5. The van der Waals surface area contributed by atoms with Crippen LogP contribution < -0.4 is 0 Å². The number of rotatable bonds is 8. The lowest BCUT2D eigenvalue weighted by atomic mass is 9.79. The van der Waals surface area contributed by atoms with Crippen LogP contribution in [0, 0.1) is 11.8 Å². The first-order chi connectivity index (χ1) is 19.6. The molecule has 4 heterocycles. The normalized spacial score (nSPS) is 23.4. The number of hydrogen-bond donors (Lipinski definition) is 0. The molecule has 9 nitrogen and oxygen atoms in total. The molecule has 0 radical (unpaired) electrons. The third-order valence-corrected chi connectivity index (χ3v) is 7.85. The molecule has 2 aliphatic heterocycles. The second-order valence-corrected chi connectivity index (χ2v) is 10.5. The lowest BCUT2D eigenvalue weighted by Gasteiger charge is -2.27. The zero-order chi connectivity index (χ0) is 27.5.